The molecule has 2 heterocycles. The molecule has 2 atom stereocenters. The van der Waals surface area contributed by atoms with Gasteiger partial charge in [-0.15, -0.1) is 0 Å². The summed E-state index contributed by atoms with van der Waals surface area (Å²) in [5, 5.41) is 11.1. The topological polar surface area (TPSA) is 89.9 Å². The van der Waals surface area contributed by atoms with E-state index in [0.29, 0.717) is 28.2 Å². The van der Waals surface area contributed by atoms with Crippen LogP contribution in [0.2, 0.25) is 0 Å². The third-order valence-electron chi connectivity index (χ3n) is 7.98. The van der Waals surface area contributed by atoms with E-state index in [1.54, 1.807) is 34.6 Å². The maximum Gasteiger partial charge on any atom is 0.175 e. The van der Waals surface area contributed by atoms with Crippen molar-refractivity contribution in [3.05, 3.63) is 63.9 Å². The molecule has 0 radical (unpaired) electrons. The Morgan fingerprint density at radius 2 is 1.61 bits per heavy atom. The minimum Gasteiger partial charge on any atom is -0.507 e. The summed E-state index contributed by atoms with van der Waals surface area (Å²) < 4.78 is 12.9. The fourth-order valence-electron chi connectivity index (χ4n) is 6.09. The van der Waals surface area contributed by atoms with Gasteiger partial charge in [0.1, 0.15) is 34.7 Å². The number of phenolic OH excluding ortho intramolecular Hbond substituents is 1. The number of fused-ring (bicyclic) bond motifs is 3. The molecule has 36 heavy (non-hydrogen) atoms. The molecule has 0 saturated carbocycles. The smallest absolute Gasteiger partial charge is 0.175 e. The molecule has 0 unspecified atom stereocenters. The van der Waals surface area contributed by atoms with Crippen LogP contribution >= 0.6 is 0 Å². The van der Waals surface area contributed by atoms with Crippen LogP contribution in [0.15, 0.2) is 41.7 Å². The monoisotopic (exact) mass is 488 g/mol. The summed E-state index contributed by atoms with van der Waals surface area (Å²) in [6.45, 7) is 12.6. The number of ketones is 3. The van der Waals surface area contributed by atoms with Gasteiger partial charge in [-0.05, 0) is 46.1 Å². The van der Waals surface area contributed by atoms with Crippen LogP contribution in [-0.4, -0.2) is 22.5 Å². The van der Waals surface area contributed by atoms with Crippen LogP contribution in [0.3, 0.4) is 0 Å². The zero-order valence-corrected chi connectivity index (χ0v) is 21.8. The number of rotatable bonds is 2. The summed E-state index contributed by atoms with van der Waals surface area (Å²) in [6, 6.07) is 9.48. The van der Waals surface area contributed by atoms with E-state index in [4.69, 9.17) is 9.47 Å². The Kier molecular flexibility index (Phi) is 5.26. The van der Waals surface area contributed by atoms with E-state index in [-0.39, 0.29) is 46.8 Å². The molecule has 6 heteroatoms. The zero-order valence-electron chi connectivity index (χ0n) is 21.8. The third-order valence-corrected chi connectivity index (χ3v) is 7.98. The van der Waals surface area contributed by atoms with Gasteiger partial charge in [0.05, 0.1) is 17.3 Å². The van der Waals surface area contributed by atoms with Gasteiger partial charge in [0.15, 0.2) is 17.3 Å². The van der Waals surface area contributed by atoms with E-state index >= 15 is 0 Å². The largest absolute Gasteiger partial charge is 0.507 e. The van der Waals surface area contributed by atoms with Gasteiger partial charge in [-0.2, -0.15) is 0 Å². The highest BCUT2D eigenvalue weighted by Gasteiger charge is 2.58. The van der Waals surface area contributed by atoms with Crippen LogP contribution < -0.4 is 9.47 Å². The van der Waals surface area contributed by atoms with Crippen molar-refractivity contribution in [2.24, 2.45) is 16.7 Å². The first-order valence-electron chi connectivity index (χ1n) is 12.5. The standard InChI is InChI=1S/C30H32O6/c1-14(2)19-21-24(36-27-22(19)26(33)29(4,5)28(34)30(27,6)7)15(3)23(32)20-17(31)13-18(35-25(20)21)16-11-9-8-10-12-16/h8-12,14,18-19,32H,13H2,1-7H3/t18-,19+/m1/s1. The van der Waals surface area contributed by atoms with Crippen molar-refractivity contribution in [2.75, 3.05) is 0 Å². The Morgan fingerprint density at radius 1 is 0.972 bits per heavy atom. The average Bonchev–Trinajstić information content (AvgIpc) is 2.84. The first-order valence-corrected chi connectivity index (χ1v) is 12.5. The van der Waals surface area contributed by atoms with Gasteiger partial charge in [-0.25, -0.2) is 0 Å². The second kappa shape index (κ2) is 7.79. The molecule has 1 N–H and O–H groups in total. The fraction of sp³-hybridized carbons (Fsp3) is 0.433. The Balaban J connectivity index is 1.80. The molecule has 2 aromatic rings. The minimum atomic E-state index is -1.22. The number of benzene rings is 2. The van der Waals surface area contributed by atoms with Gasteiger partial charge in [-0.3, -0.25) is 14.4 Å². The Morgan fingerprint density at radius 3 is 2.22 bits per heavy atom. The second-order valence-electron chi connectivity index (χ2n) is 11.5. The van der Waals surface area contributed by atoms with Gasteiger partial charge in [-0.1, -0.05) is 44.2 Å². The van der Waals surface area contributed by atoms with E-state index < -0.39 is 22.9 Å². The highest BCUT2D eigenvalue weighted by Crippen LogP contribution is 2.60. The van der Waals surface area contributed by atoms with Crippen molar-refractivity contribution in [3.63, 3.8) is 0 Å². The molecule has 3 aliphatic rings. The molecule has 6 nitrogen and oxygen atoms in total. The lowest BCUT2D eigenvalue weighted by Gasteiger charge is -2.46. The number of hydrogen-bond donors (Lipinski definition) is 1. The highest BCUT2D eigenvalue weighted by atomic mass is 16.5. The Labute approximate surface area is 211 Å². The number of hydrogen-bond acceptors (Lipinski definition) is 6. The zero-order chi connectivity index (χ0) is 26.3. The molecule has 5 rings (SSSR count). The summed E-state index contributed by atoms with van der Waals surface area (Å²) in [6.07, 6.45) is -0.436. The predicted molar refractivity (Wildman–Crippen MR) is 134 cm³/mol. The summed E-state index contributed by atoms with van der Waals surface area (Å²) in [7, 11) is 0. The van der Waals surface area contributed by atoms with Crippen LogP contribution in [0.5, 0.6) is 17.2 Å². The third kappa shape index (κ3) is 3.12. The van der Waals surface area contributed by atoms with Crippen LogP contribution in [0.1, 0.15) is 87.0 Å². The molecule has 0 amide bonds. The Hall–Kier alpha value is -3.41. The van der Waals surface area contributed by atoms with E-state index in [1.807, 2.05) is 44.2 Å². The summed E-state index contributed by atoms with van der Waals surface area (Å²) >= 11 is 0. The van der Waals surface area contributed by atoms with Crippen molar-refractivity contribution in [3.8, 4) is 17.2 Å². The van der Waals surface area contributed by atoms with Crippen LogP contribution in [0.25, 0.3) is 0 Å². The molecule has 2 aliphatic heterocycles. The predicted octanol–water partition coefficient (Wildman–Crippen LogP) is 6.00. The van der Waals surface area contributed by atoms with Crippen molar-refractivity contribution in [2.45, 2.75) is 66.9 Å². The molecule has 0 spiro atoms. The first kappa shape index (κ1) is 24.3. The molecule has 0 bridgehead atoms. The number of allylic oxidation sites excluding steroid dienone is 2. The molecule has 0 saturated heterocycles. The van der Waals surface area contributed by atoms with E-state index in [2.05, 4.69) is 0 Å². The van der Waals surface area contributed by atoms with Crippen molar-refractivity contribution >= 4 is 17.3 Å². The van der Waals surface area contributed by atoms with E-state index in [0.717, 1.165) is 5.56 Å². The maximum absolute atomic E-state index is 13.9. The number of Topliss-reactive ketones (excluding diaryl/α,β-unsaturated/α-hetero) is 3. The Bertz CT molecular complexity index is 1360. The normalized spacial score (nSPS) is 24.1. The molecule has 1 aliphatic carbocycles. The summed E-state index contributed by atoms with van der Waals surface area (Å²) in [5.74, 6) is -0.481. The van der Waals surface area contributed by atoms with Gasteiger partial charge in [0.25, 0.3) is 0 Å². The number of phenols is 1. The lowest BCUT2D eigenvalue weighted by Crippen LogP contribution is -2.52. The lowest BCUT2D eigenvalue weighted by molar-refractivity contribution is -0.144. The molecule has 0 fully saturated rings. The summed E-state index contributed by atoms with van der Waals surface area (Å²) in [4.78, 5) is 40.7. The first-order chi connectivity index (χ1) is 16.8. The average molecular weight is 489 g/mol. The second-order valence-corrected chi connectivity index (χ2v) is 11.5. The lowest BCUT2D eigenvalue weighted by atomic mass is 9.59. The van der Waals surface area contributed by atoms with E-state index in [9.17, 15) is 19.5 Å². The van der Waals surface area contributed by atoms with Gasteiger partial charge < -0.3 is 14.6 Å². The van der Waals surface area contributed by atoms with Gasteiger partial charge in [0, 0.05) is 22.6 Å². The van der Waals surface area contributed by atoms with E-state index in [1.165, 1.54) is 0 Å². The SMILES string of the molecule is Cc1c(O)c2c(c3c1OC1=C(C(=O)C(C)(C)C(=O)C1(C)C)[C@H]3C(C)C)O[C@@H](c1ccccc1)CC2=O. The minimum absolute atomic E-state index is 0.0785. The highest BCUT2D eigenvalue weighted by molar-refractivity contribution is 6.20. The van der Waals surface area contributed by atoms with Gasteiger partial charge >= 0.3 is 0 Å². The van der Waals surface area contributed by atoms with Gasteiger partial charge in [0.2, 0.25) is 0 Å². The van der Waals surface area contributed by atoms with Crippen molar-refractivity contribution in [1.82, 2.24) is 0 Å². The summed E-state index contributed by atoms with van der Waals surface area (Å²) in [5.41, 5.74) is 0.176. The molecule has 2 aromatic carbocycles. The molecule has 0 aromatic heterocycles. The van der Waals surface area contributed by atoms with Crippen LogP contribution in [-0.2, 0) is 9.59 Å². The molecular weight excluding hydrogens is 456 g/mol. The number of ether oxygens (including phenoxy) is 2. The molecule has 188 valence electrons. The van der Waals surface area contributed by atoms with Crippen LogP contribution in [0.4, 0.5) is 0 Å². The number of aromatic hydroxyl groups is 1. The maximum atomic E-state index is 13.9. The van der Waals surface area contributed by atoms with Crippen LogP contribution in [0, 0.1) is 23.7 Å². The number of carbonyl (C=O) groups is 3. The number of carbonyl (C=O) groups excluding carboxylic acids is 3. The molecular formula is C30H32O6. The van der Waals surface area contributed by atoms with Crippen molar-refractivity contribution in [1.29, 1.82) is 0 Å². The van der Waals surface area contributed by atoms with Crippen molar-refractivity contribution < 1.29 is 29.0 Å². The quantitative estimate of drug-likeness (QED) is 0.522. The fourth-order valence-corrected chi connectivity index (χ4v) is 6.09.